The summed E-state index contributed by atoms with van der Waals surface area (Å²) >= 11 is -1.09. The Balaban J connectivity index is 2.03. The minimum absolute atomic E-state index is 0.188. The minimum atomic E-state index is -1.09. The summed E-state index contributed by atoms with van der Waals surface area (Å²) in [5.74, 6) is 1.88. The second kappa shape index (κ2) is 6.97. The molecule has 112 valence electrons. The topological polar surface area (TPSA) is 29.5 Å². The molecule has 1 fully saturated rings. The Bertz CT molecular complexity index is 416. The van der Waals surface area contributed by atoms with Crippen molar-refractivity contribution in [3.63, 3.8) is 0 Å². The molecule has 1 aliphatic carbocycles. The summed E-state index contributed by atoms with van der Waals surface area (Å²) < 4.78 is 16.4. The Morgan fingerprint density at radius 3 is 2.45 bits per heavy atom. The lowest BCUT2D eigenvalue weighted by atomic mass is 9.75. The molecule has 2 nitrogen and oxygen atoms in total. The molecule has 3 heteroatoms. The first-order valence-electron chi connectivity index (χ1n) is 7.64. The normalized spacial score (nSPS) is 28.6. The molecule has 1 unspecified atom stereocenters. The predicted molar refractivity (Wildman–Crippen MR) is 85.7 cm³/mol. The zero-order chi connectivity index (χ0) is 14.7. The van der Waals surface area contributed by atoms with Crippen LogP contribution in [0.15, 0.2) is 29.2 Å². The monoisotopic (exact) mass is 295 g/mol. The van der Waals surface area contributed by atoms with Gasteiger partial charge in [0.25, 0.3) is 0 Å². The van der Waals surface area contributed by atoms with E-state index in [9.17, 15) is 4.55 Å². The van der Waals surface area contributed by atoms with Crippen molar-refractivity contribution in [3.8, 4) is 0 Å². The highest BCUT2D eigenvalue weighted by atomic mass is 32.2. The zero-order valence-corrected chi connectivity index (χ0v) is 13.8. The van der Waals surface area contributed by atoms with Crippen LogP contribution in [-0.2, 0) is 15.6 Å². The van der Waals surface area contributed by atoms with E-state index in [0.29, 0.717) is 17.8 Å². The number of rotatable bonds is 4. The van der Waals surface area contributed by atoms with E-state index in [1.807, 2.05) is 24.3 Å². The van der Waals surface area contributed by atoms with E-state index in [0.717, 1.165) is 11.3 Å². The van der Waals surface area contributed by atoms with Crippen molar-refractivity contribution in [3.05, 3.63) is 29.8 Å². The summed E-state index contributed by atoms with van der Waals surface area (Å²) in [5, 5.41) is 0. The fourth-order valence-electron chi connectivity index (χ4n) is 3.05. The first-order valence-corrected chi connectivity index (χ1v) is 8.75. The SMILES string of the molecule is Cc1ccc([S+](O)O[C@@H]2C[C@H](C)CC[C@H]2C(C)C)cc1. The van der Waals surface area contributed by atoms with E-state index < -0.39 is 11.5 Å². The van der Waals surface area contributed by atoms with Crippen LogP contribution in [0, 0.1) is 24.7 Å². The first kappa shape index (κ1) is 15.9. The van der Waals surface area contributed by atoms with Gasteiger partial charge in [0.15, 0.2) is 0 Å². The summed E-state index contributed by atoms with van der Waals surface area (Å²) in [6.45, 7) is 8.86. The Hall–Kier alpha value is -0.510. The van der Waals surface area contributed by atoms with Crippen molar-refractivity contribution in [1.82, 2.24) is 0 Å². The minimum Gasteiger partial charge on any atom is -0.150 e. The highest BCUT2D eigenvalue weighted by molar-refractivity contribution is 7.86. The number of benzene rings is 1. The van der Waals surface area contributed by atoms with Crippen LogP contribution in [0.3, 0.4) is 0 Å². The van der Waals surface area contributed by atoms with Crippen LogP contribution in [-0.4, -0.2) is 10.7 Å². The van der Waals surface area contributed by atoms with Crippen LogP contribution in [0.1, 0.15) is 45.6 Å². The third kappa shape index (κ3) is 4.00. The van der Waals surface area contributed by atoms with E-state index in [4.69, 9.17) is 4.18 Å². The van der Waals surface area contributed by atoms with Crippen LogP contribution in [0.2, 0.25) is 0 Å². The van der Waals surface area contributed by atoms with Gasteiger partial charge in [0.2, 0.25) is 4.90 Å². The Morgan fingerprint density at radius 2 is 1.85 bits per heavy atom. The molecule has 1 N–H and O–H groups in total. The number of aryl methyl sites for hydroxylation is 1. The highest BCUT2D eigenvalue weighted by Gasteiger charge is 2.38. The first-order chi connectivity index (χ1) is 9.47. The maximum atomic E-state index is 10.4. The van der Waals surface area contributed by atoms with Crippen molar-refractivity contribution in [1.29, 1.82) is 0 Å². The number of hydrogen-bond donors (Lipinski definition) is 1. The zero-order valence-electron chi connectivity index (χ0n) is 13.0. The van der Waals surface area contributed by atoms with E-state index in [1.54, 1.807) is 0 Å². The van der Waals surface area contributed by atoms with E-state index in [1.165, 1.54) is 18.4 Å². The Morgan fingerprint density at radius 1 is 1.20 bits per heavy atom. The fourth-order valence-corrected chi connectivity index (χ4v) is 3.99. The summed E-state index contributed by atoms with van der Waals surface area (Å²) in [6.07, 6.45) is 3.76. The molecule has 0 heterocycles. The quantitative estimate of drug-likeness (QED) is 0.806. The van der Waals surface area contributed by atoms with Gasteiger partial charge in [0.1, 0.15) is 6.10 Å². The highest BCUT2D eigenvalue weighted by Crippen LogP contribution is 2.36. The molecule has 0 saturated heterocycles. The summed E-state index contributed by atoms with van der Waals surface area (Å²) in [5.41, 5.74) is 1.21. The van der Waals surface area contributed by atoms with Gasteiger partial charge in [-0.05, 0) is 37.5 Å². The van der Waals surface area contributed by atoms with Gasteiger partial charge in [-0.25, -0.2) is 0 Å². The van der Waals surface area contributed by atoms with Crippen LogP contribution in [0.25, 0.3) is 0 Å². The smallest absolute Gasteiger partial charge is 0.150 e. The van der Waals surface area contributed by atoms with Crippen molar-refractivity contribution >= 4 is 11.5 Å². The van der Waals surface area contributed by atoms with E-state index in [-0.39, 0.29) is 6.10 Å². The predicted octanol–water partition coefficient (Wildman–Crippen LogP) is 4.84. The van der Waals surface area contributed by atoms with Crippen LogP contribution in [0.5, 0.6) is 0 Å². The van der Waals surface area contributed by atoms with Crippen LogP contribution < -0.4 is 0 Å². The lowest BCUT2D eigenvalue weighted by Crippen LogP contribution is -2.35. The molecule has 1 aliphatic rings. The van der Waals surface area contributed by atoms with Gasteiger partial charge >= 0.3 is 11.5 Å². The third-order valence-corrected chi connectivity index (χ3v) is 5.50. The molecule has 1 aromatic rings. The lowest BCUT2D eigenvalue weighted by Gasteiger charge is -2.34. The molecule has 2 rings (SSSR count). The lowest BCUT2D eigenvalue weighted by molar-refractivity contribution is 0.0518. The molecule has 0 spiro atoms. The number of hydrogen-bond acceptors (Lipinski definition) is 2. The average Bonchev–Trinajstić information content (AvgIpc) is 2.39. The largest absolute Gasteiger partial charge is 0.354 e. The second-order valence-electron chi connectivity index (χ2n) is 6.52. The van der Waals surface area contributed by atoms with Crippen molar-refractivity contribution in [2.24, 2.45) is 17.8 Å². The van der Waals surface area contributed by atoms with Gasteiger partial charge in [-0.2, -0.15) is 0 Å². The molecule has 0 aliphatic heterocycles. The van der Waals surface area contributed by atoms with Gasteiger partial charge in [-0.1, -0.05) is 44.9 Å². The Kier molecular flexibility index (Phi) is 5.53. The van der Waals surface area contributed by atoms with Crippen molar-refractivity contribution in [2.75, 3.05) is 0 Å². The molecule has 1 aromatic carbocycles. The Labute approximate surface area is 126 Å². The van der Waals surface area contributed by atoms with Crippen LogP contribution >= 0.6 is 0 Å². The summed E-state index contributed by atoms with van der Waals surface area (Å²) in [7, 11) is 0. The van der Waals surface area contributed by atoms with Crippen molar-refractivity contribution < 1.29 is 8.74 Å². The van der Waals surface area contributed by atoms with Crippen molar-refractivity contribution in [2.45, 2.75) is 58.0 Å². The summed E-state index contributed by atoms with van der Waals surface area (Å²) in [6, 6.07) is 7.99. The fraction of sp³-hybridized carbons (Fsp3) is 0.647. The van der Waals surface area contributed by atoms with Gasteiger partial charge in [-0.15, -0.1) is 8.74 Å². The van der Waals surface area contributed by atoms with E-state index in [2.05, 4.69) is 27.7 Å². The second-order valence-corrected chi connectivity index (χ2v) is 7.69. The molecule has 4 atom stereocenters. The molecule has 0 radical (unpaired) electrons. The van der Waals surface area contributed by atoms with Crippen LogP contribution in [0.4, 0.5) is 0 Å². The molecular weight excluding hydrogens is 268 g/mol. The maximum absolute atomic E-state index is 10.4. The molecule has 0 aromatic heterocycles. The molecular formula is C17H27O2S+. The molecule has 0 bridgehead atoms. The van der Waals surface area contributed by atoms with Gasteiger partial charge in [-0.3, -0.25) is 0 Å². The summed E-state index contributed by atoms with van der Waals surface area (Å²) in [4.78, 5) is 0.885. The van der Waals surface area contributed by atoms with E-state index >= 15 is 0 Å². The maximum Gasteiger partial charge on any atom is 0.354 e. The van der Waals surface area contributed by atoms with Gasteiger partial charge in [0.05, 0.1) is 0 Å². The molecule has 0 amide bonds. The van der Waals surface area contributed by atoms with Gasteiger partial charge in [0, 0.05) is 12.1 Å². The standard InChI is InChI=1S/C17H27O2S/c1-12(2)16-10-7-14(4)11-17(16)19-20(18)15-8-5-13(3)6-9-15/h5-6,8-9,12,14,16-18H,7,10-11H2,1-4H3/q+1/t14-,16+,17-,20?/m1/s1. The molecule has 20 heavy (non-hydrogen) atoms. The van der Waals surface area contributed by atoms with Gasteiger partial charge < -0.3 is 0 Å². The average molecular weight is 295 g/mol. The molecule has 1 saturated carbocycles. The third-order valence-electron chi connectivity index (χ3n) is 4.40.